The van der Waals surface area contributed by atoms with Gasteiger partial charge in [0.1, 0.15) is 0 Å². The number of carbonyl (C=O) groups is 1. The van der Waals surface area contributed by atoms with E-state index in [1.165, 1.54) is 5.69 Å². The van der Waals surface area contributed by atoms with E-state index in [1.54, 1.807) is 0 Å². The van der Waals surface area contributed by atoms with Gasteiger partial charge >= 0.3 is 0 Å². The van der Waals surface area contributed by atoms with Gasteiger partial charge in [-0.1, -0.05) is 11.6 Å². The summed E-state index contributed by atoms with van der Waals surface area (Å²) in [4.78, 5) is 19.6. The summed E-state index contributed by atoms with van der Waals surface area (Å²) in [5.41, 5.74) is 2.29. The molecule has 1 aromatic rings. The van der Waals surface area contributed by atoms with Crippen LogP contribution in [0.5, 0.6) is 0 Å². The van der Waals surface area contributed by atoms with Gasteiger partial charge in [-0.2, -0.15) is 0 Å². The lowest BCUT2D eigenvalue weighted by atomic mass is 10.1. The van der Waals surface area contributed by atoms with Crippen LogP contribution >= 0.6 is 11.6 Å². The van der Waals surface area contributed by atoms with Crippen molar-refractivity contribution < 1.29 is 4.79 Å². The third-order valence-corrected chi connectivity index (χ3v) is 5.76. The monoisotopic (exact) mass is 364 g/mol. The Morgan fingerprint density at radius 2 is 1.92 bits per heavy atom. The highest BCUT2D eigenvalue weighted by Gasteiger charge is 2.31. The van der Waals surface area contributed by atoms with Crippen molar-refractivity contribution >= 4 is 23.2 Å². The Kier molecular flexibility index (Phi) is 5.87. The van der Waals surface area contributed by atoms with Gasteiger partial charge in [0.2, 0.25) is 5.91 Å². The number of piperazine rings is 2. The van der Waals surface area contributed by atoms with E-state index in [1.807, 2.05) is 17.9 Å². The lowest BCUT2D eigenvalue weighted by molar-refractivity contribution is -0.135. The Morgan fingerprint density at radius 1 is 1.20 bits per heavy atom. The summed E-state index contributed by atoms with van der Waals surface area (Å²) in [5, 5.41) is 4.20. The summed E-state index contributed by atoms with van der Waals surface area (Å²) in [7, 11) is 0. The largest absolute Gasteiger partial charge is 0.368 e. The predicted octanol–water partition coefficient (Wildman–Crippen LogP) is 1.98. The minimum absolute atomic E-state index is 0.0690. The lowest BCUT2D eigenvalue weighted by Crippen LogP contribution is -2.61. The summed E-state index contributed by atoms with van der Waals surface area (Å²) in [6, 6.07) is 6.57. The van der Waals surface area contributed by atoms with E-state index in [4.69, 9.17) is 11.6 Å². The van der Waals surface area contributed by atoms with Crippen molar-refractivity contribution in [3.8, 4) is 0 Å². The van der Waals surface area contributed by atoms with E-state index in [-0.39, 0.29) is 11.9 Å². The fourth-order valence-electron chi connectivity index (χ4n) is 3.64. The molecule has 0 aliphatic carbocycles. The fraction of sp³-hybridized carbons (Fsp3) is 0.632. The summed E-state index contributed by atoms with van der Waals surface area (Å²) in [6.45, 7) is 12.4. The quantitative estimate of drug-likeness (QED) is 0.890. The van der Waals surface area contributed by atoms with E-state index in [9.17, 15) is 4.79 Å². The molecule has 0 aromatic heterocycles. The molecule has 0 unspecified atom stereocenters. The molecule has 1 amide bonds. The van der Waals surface area contributed by atoms with Crippen molar-refractivity contribution in [2.75, 3.05) is 50.7 Å². The van der Waals surface area contributed by atoms with E-state index >= 15 is 0 Å². The second-order valence-corrected chi connectivity index (χ2v) is 7.75. The molecule has 0 saturated carbocycles. The van der Waals surface area contributed by atoms with Gasteiger partial charge in [0.05, 0.1) is 6.04 Å². The minimum atomic E-state index is -0.0690. The van der Waals surface area contributed by atoms with Gasteiger partial charge in [-0.3, -0.25) is 9.69 Å². The Labute approximate surface area is 155 Å². The SMILES string of the molecule is Cc1cc(N2CCN(C(=O)[C@H]3CN(C(C)C)CCN3)CC2)ccc1Cl. The van der Waals surface area contributed by atoms with Crippen LogP contribution in [0.3, 0.4) is 0 Å². The molecule has 0 bridgehead atoms. The van der Waals surface area contributed by atoms with Crippen LogP contribution in [-0.2, 0) is 4.79 Å². The van der Waals surface area contributed by atoms with Crippen LogP contribution in [0.1, 0.15) is 19.4 Å². The zero-order valence-corrected chi connectivity index (χ0v) is 16.2. The zero-order valence-electron chi connectivity index (χ0n) is 15.5. The second kappa shape index (κ2) is 7.94. The number of anilines is 1. The maximum absolute atomic E-state index is 12.9. The van der Waals surface area contributed by atoms with Crippen LogP contribution < -0.4 is 10.2 Å². The zero-order chi connectivity index (χ0) is 18.0. The number of halogens is 1. The number of aryl methyl sites for hydroxylation is 1. The van der Waals surface area contributed by atoms with Gasteiger partial charge in [0.15, 0.2) is 0 Å². The normalized spacial score (nSPS) is 22.5. The number of amides is 1. The molecule has 5 nitrogen and oxygen atoms in total. The Bertz CT molecular complexity index is 613. The van der Waals surface area contributed by atoms with Crippen LogP contribution in [0.2, 0.25) is 5.02 Å². The molecule has 1 N–H and O–H groups in total. The Hall–Kier alpha value is -1.30. The first-order valence-corrected chi connectivity index (χ1v) is 9.61. The van der Waals surface area contributed by atoms with Crippen LogP contribution in [0.4, 0.5) is 5.69 Å². The first-order chi connectivity index (χ1) is 12.0. The smallest absolute Gasteiger partial charge is 0.241 e. The summed E-state index contributed by atoms with van der Waals surface area (Å²) in [5.74, 6) is 0.247. The molecule has 0 spiro atoms. The van der Waals surface area contributed by atoms with Gasteiger partial charge < -0.3 is 15.1 Å². The lowest BCUT2D eigenvalue weighted by Gasteiger charge is -2.41. The standard InChI is InChI=1S/C19H29ClN4O/c1-14(2)24-7-6-21-18(13-24)19(25)23-10-8-22(9-11-23)16-4-5-17(20)15(3)12-16/h4-5,12,14,18,21H,6-11,13H2,1-3H3/t18-/m1/s1. The molecule has 1 atom stereocenters. The molecule has 3 rings (SSSR count). The van der Waals surface area contributed by atoms with E-state index < -0.39 is 0 Å². The third kappa shape index (κ3) is 4.27. The van der Waals surface area contributed by atoms with Gasteiger partial charge in [0, 0.05) is 62.6 Å². The number of nitrogens with zero attached hydrogens (tertiary/aromatic N) is 3. The summed E-state index contributed by atoms with van der Waals surface area (Å²) >= 11 is 6.12. The fourth-order valence-corrected chi connectivity index (χ4v) is 3.76. The molecule has 138 valence electrons. The highest BCUT2D eigenvalue weighted by Crippen LogP contribution is 2.23. The van der Waals surface area contributed by atoms with Crippen molar-refractivity contribution in [1.29, 1.82) is 0 Å². The molecule has 6 heteroatoms. The maximum atomic E-state index is 12.9. The molecule has 2 fully saturated rings. The minimum Gasteiger partial charge on any atom is -0.368 e. The van der Waals surface area contributed by atoms with Crippen molar-refractivity contribution in [3.05, 3.63) is 28.8 Å². The number of carbonyl (C=O) groups excluding carboxylic acids is 1. The predicted molar refractivity (Wildman–Crippen MR) is 103 cm³/mol. The van der Waals surface area contributed by atoms with Gasteiger partial charge in [-0.05, 0) is 44.5 Å². The molecular formula is C19H29ClN4O. The average molecular weight is 365 g/mol. The Balaban J connectivity index is 1.56. The molecule has 0 radical (unpaired) electrons. The van der Waals surface area contributed by atoms with Gasteiger partial charge in [-0.15, -0.1) is 0 Å². The van der Waals surface area contributed by atoms with E-state index in [0.29, 0.717) is 6.04 Å². The van der Waals surface area contributed by atoms with E-state index in [2.05, 4.69) is 41.1 Å². The first kappa shape index (κ1) is 18.5. The van der Waals surface area contributed by atoms with Crippen LogP contribution in [-0.4, -0.2) is 73.6 Å². The number of rotatable bonds is 3. The molecule has 2 aliphatic rings. The topological polar surface area (TPSA) is 38.8 Å². The first-order valence-electron chi connectivity index (χ1n) is 9.23. The van der Waals surface area contributed by atoms with Crippen molar-refractivity contribution in [2.45, 2.75) is 32.9 Å². The Morgan fingerprint density at radius 3 is 2.56 bits per heavy atom. The van der Waals surface area contributed by atoms with Crippen LogP contribution in [0.25, 0.3) is 0 Å². The number of nitrogens with one attached hydrogen (secondary N) is 1. The molecule has 1 aromatic carbocycles. The molecule has 2 heterocycles. The molecule has 2 saturated heterocycles. The van der Waals surface area contributed by atoms with Gasteiger partial charge in [-0.25, -0.2) is 0 Å². The van der Waals surface area contributed by atoms with Crippen molar-refractivity contribution in [3.63, 3.8) is 0 Å². The average Bonchev–Trinajstić information content (AvgIpc) is 2.63. The second-order valence-electron chi connectivity index (χ2n) is 7.34. The molecule has 2 aliphatic heterocycles. The number of benzene rings is 1. The summed E-state index contributed by atoms with van der Waals surface area (Å²) in [6.07, 6.45) is 0. The maximum Gasteiger partial charge on any atom is 0.241 e. The number of hydrogen-bond acceptors (Lipinski definition) is 4. The highest BCUT2D eigenvalue weighted by atomic mass is 35.5. The molecular weight excluding hydrogens is 336 g/mol. The molecule has 25 heavy (non-hydrogen) atoms. The van der Waals surface area contributed by atoms with E-state index in [0.717, 1.165) is 56.4 Å². The highest BCUT2D eigenvalue weighted by molar-refractivity contribution is 6.31. The van der Waals surface area contributed by atoms with Crippen molar-refractivity contribution in [2.24, 2.45) is 0 Å². The van der Waals surface area contributed by atoms with Crippen LogP contribution in [0, 0.1) is 6.92 Å². The number of hydrogen-bond donors (Lipinski definition) is 1. The van der Waals surface area contributed by atoms with Crippen LogP contribution in [0.15, 0.2) is 18.2 Å². The summed E-state index contributed by atoms with van der Waals surface area (Å²) < 4.78 is 0. The van der Waals surface area contributed by atoms with Crippen molar-refractivity contribution in [1.82, 2.24) is 15.1 Å². The third-order valence-electron chi connectivity index (χ3n) is 5.33. The van der Waals surface area contributed by atoms with Gasteiger partial charge in [0.25, 0.3) is 0 Å².